The lowest BCUT2D eigenvalue weighted by Gasteiger charge is -2.22. The Balaban J connectivity index is 2.18. The number of ether oxygens (including phenoxy) is 1. The molecule has 2 rings (SSSR count). The highest BCUT2D eigenvalue weighted by Gasteiger charge is 2.18. The minimum Gasteiger partial charge on any atom is -0.466 e. The topological polar surface area (TPSA) is 59.5 Å². The Morgan fingerprint density at radius 2 is 2.08 bits per heavy atom. The molecule has 0 spiro atoms. The second-order valence-electron chi connectivity index (χ2n) is 5.61. The quantitative estimate of drug-likeness (QED) is 0.724. The average Bonchev–Trinajstić information content (AvgIpc) is 2.61. The summed E-state index contributed by atoms with van der Waals surface area (Å²) in [5, 5.41) is 0. The first-order valence-electron chi connectivity index (χ1n) is 8.11. The number of aryl methyl sites for hydroxylation is 1. The maximum atomic E-state index is 13.5. The van der Waals surface area contributed by atoms with Crippen molar-refractivity contribution in [2.24, 2.45) is 0 Å². The third kappa shape index (κ3) is 5.38. The van der Waals surface area contributed by atoms with E-state index >= 15 is 0 Å². The number of benzene rings is 1. The smallest absolute Gasteiger partial charge is 0.307 e. The lowest BCUT2D eigenvalue weighted by molar-refractivity contribution is -0.143. The van der Waals surface area contributed by atoms with Crippen LogP contribution in [-0.2, 0) is 16.1 Å². The molecule has 0 aliphatic carbocycles. The number of nitrogens with zero attached hydrogens (tertiary/aromatic N) is 2. The fraction of sp³-hybridized carbons (Fsp3) is 0.316. The first-order chi connectivity index (χ1) is 12.0. The maximum absolute atomic E-state index is 13.5. The molecule has 0 atom stereocenters. The lowest BCUT2D eigenvalue weighted by Crippen LogP contribution is -2.33. The largest absolute Gasteiger partial charge is 0.466 e. The number of esters is 1. The van der Waals surface area contributed by atoms with Gasteiger partial charge in [-0.1, -0.05) is 6.07 Å². The molecule has 0 aliphatic rings. The molecule has 0 fully saturated rings. The highest BCUT2D eigenvalue weighted by molar-refractivity contribution is 5.94. The summed E-state index contributed by atoms with van der Waals surface area (Å²) in [5.74, 6) is -0.986. The summed E-state index contributed by atoms with van der Waals surface area (Å²) in [6.07, 6.45) is 3.41. The van der Waals surface area contributed by atoms with E-state index in [1.165, 1.54) is 18.2 Å². The summed E-state index contributed by atoms with van der Waals surface area (Å²) in [6, 6.07) is 7.87. The summed E-state index contributed by atoms with van der Waals surface area (Å²) in [4.78, 5) is 30.0. The SMILES string of the molecule is CCOC(=O)CCN(Cc1cccnc1)C(=O)c1ccc(F)c(C)c1. The van der Waals surface area contributed by atoms with E-state index in [1.54, 1.807) is 37.2 Å². The van der Waals surface area contributed by atoms with Crippen molar-refractivity contribution in [1.82, 2.24) is 9.88 Å². The van der Waals surface area contributed by atoms with E-state index in [0.717, 1.165) is 5.56 Å². The van der Waals surface area contributed by atoms with Crippen LogP contribution in [0.4, 0.5) is 4.39 Å². The molecule has 0 N–H and O–H groups in total. The number of hydrogen-bond acceptors (Lipinski definition) is 4. The van der Waals surface area contributed by atoms with Gasteiger partial charge >= 0.3 is 5.97 Å². The van der Waals surface area contributed by atoms with Gasteiger partial charge in [-0.3, -0.25) is 14.6 Å². The van der Waals surface area contributed by atoms with Crippen LogP contribution >= 0.6 is 0 Å². The highest BCUT2D eigenvalue weighted by Crippen LogP contribution is 2.14. The standard InChI is InChI=1S/C19H21FN2O3/c1-3-25-18(23)8-10-22(13-15-5-4-9-21-12-15)19(24)16-6-7-17(20)14(2)11-16/h4-7,9,11-12H,3,8,10,13H2,1-2H3. The van der Waals surface area contributed by atoms with E-state index in [4.69, 9.17) is 4.74 Å². The number of rotatable bonds is 7. The fourth-order valence-electron chi connectivity index (χ4n) is 2.38. The molecule has 0 bridgehead atoms. The Hall–Kier alpha value is -2.76. The first kappa shape index (κ1) is 18.6. The molecular formula is C19H21FN2O3. The molecule has 1 heterocycles. The van der Waals surface area contributed by atoms with Crippen molar-refractivity contribution in [1.29, 1.82) is 0 Å². The molecule has 0 unspecified atom stereocenters. The van der Waals surface area contributed by atoms with Crippen molar-refractivity contribution >= 4 is 11.9 Å². The Bertz CT molecular complexity index is 735. The lowest BCUT2D eigenvalue weighted by atomic mass is 10.1. The van der Waals surface area contributed by atoms with Crippen molar-refractivity contribution in [3.63, 3.8) is 0 Å². The third-order valence-electron chi connectivity index (χ3n) is 3.68. The monoisotopic (exact) mass is 344 g/mol. The molecular weight excluding hydrogens is 323 g/mol. The molecule has 1 aromatic carbocycles. The normalized spacial score (nSPS) is 10.4. The number of amides is 1. The predicted octanol–water partition coefficient (Wildman–Crippen LogP) is 3.12. The van der Waals surface area contributed by atoms with Crippen LogP contribution in [0.3, 0.4) is 0 Å². The van der Waals surface area contributed by atoms with Gasteiger partial charge in [-0.05, 0) is 49.2 Å². The summed E-state index contributed by atoms with van der Waals surface area (Å²) in [7, 11) is 0. The summed E-state index contributed by atoms with van der Waals surface area (Å²) >= 11 is 0. The van der Waals surface area contributed by atoms with Crippen molar-refractivity contribution in [2.45, 2.75) is 26.8 Å². The van der Waals surface area contributed by atoms with Gasteiger partial charge in [0.05, 0.1) is 13.0 Å². The minimum atomic E-state index is -0.359. The van der Waals surface area contributed by atoms with Crippen LogP contribution in [0.1, 0.15) is 34.8 Å². The first-order valence-corrected chi connectivity index (χ1v) is 8.11. The minimum absolute atomic E-state index is 0.0972. The van der Waals surface area contributed by atoms with Crippen LogP contribution in [0.15, 0.2) is 42.7 Å². The van der Waals surface area contributed by atoms with E-state index in [0.29, 0.717) is 24.3 Å². The van der Waals surface area contributed by atoms with E-state index in [-0.39, 0.29) is 30.7 Å². The summed E-state index contributed by atoms with van der Waals surface area (Å²) in [6.45, 7) is 4.16. The second-order valence-corrected chi connectivity index (χ2v) is 5.61. The van der Waals surface area contributed by atoms with Crippen molar-refractivity contribution in [3.8, 4) is 0 Å². The molecule has 0 saturated heterocycles. The molecule has 6 heteroatoms. The molecule has 0 radical (unpaired) electrons. The van der Waals surface area contributed by atoms with Gasteiger partial charge in [0, 0.05) is 31.0 Å². The van der Waals surface area contributed by atoms with Gasteiger partial charge in [0.15, 0.2) is 0 Å². The van der Waals surface area contributed by atoms with Crippen LogP contribution < -0.4 is 0 Å². The van der Waals surface area contributed by atoms with Crippen molar-refractivity contribution < 1.29 is 18.7 Å². The summed E-state index contributed by atoms with van der Waals surface area (Å²) in [5.41, 5.74) is 1.63. The highest BCUT2D eigenvalue weighted by atomic mass is 19.1. The zero-order valence-electron chi connectivity index (χ0n) is 14.4. The van der Waals surface area contributed by atoms with Gasteiger partial charge in [-0.15, -0.1) is 0 Å². The van der Waals surface area contributed by atoms with Gasteiger partial charge < -0.3 is 9.64 Å². The van der Waals surface area contributed by atoms with Crippen molar-refractivity contribution in [3.05, 3.63) is 65.2 Å². The van der Waals surface area contributed by atoms with Crippen molar-refractivity contribution in [2.75, 3.05) is 13.2 Å². The van der Waals surface area contributed by atoms with Gasteiger partial charge in [0.1, 0.15) is 5.82 Å². The molecule has 1 aromatic heterocycles. The van der Waals surface area contributed by atoms with Crippen LogP contribution in [0.25, 0.3) is 0 Å². The zero-order chi connectivity index (χ0) is 18.2. The number of aromatic nitrogens is 1. The molecule has 1 amide bonds. The van der Waals surface area contributed by atoms with Gasteiger partial charge in [-0.2, -0.15) is 0 Å². The number of carbonyl (C=O) groups excluding carboxylic acids is 2. The maximum Gasteiger partial charge on any atom is 0.307 e. The molecule has 0 saturated carbocycles. The fourth-order valence-corrected chi connectivity index (χ4v) is 2.38. The molecule has 0 aliphatic heterocycles. The average molecular weight is 344 g/mol. The number of carbonyl (C=O) groups is 2. The molecule has 5 nitrogen and oxygen atoms in total. The number of pyridine rings is 1. The molecule has 25 heavy (non-hydrogen) atoms. The molecule has 132 valence electrons. The second kappa shape index (κ2) is 8.92. The van der Waals surface area contributed by atoms with Crippen LogP contribution in [0.5, 0.6) is 0 Å². The van der Waals surface area contributed by atoms with Gasteiger partial charge in [-0.25, -0.2) is 4.39 Å². The van der Waals surface area contributed by atoms with E-state index in [9.17, 15) is 14.0 Å². The Kier molecular flexibility index (Phi) is 6.62. The van der Waals surface area contributed by atoms with Crippen LogP contribution in [0, 0.1) is 12.7 Å². The zero-order valence-corrected chi connectivity index (χ0v) is 14.4. The number of halogens is 1. The predicted molar refractivity (Wildman–Crippen MR) is 91.4 cm³/mol. The van der Waals surface area contributed by atoms with Gasteiger partial charge in [0.2, 0.25) is 0 Å². The van der Waals surface area contributed by atoms with E-state index in [1.807, 2.05) is 6.07 Å². The Labute approximate surface area is 146 Å². The number of hydrogen-bond donors (Lipinski definition) is 0. The Morgan fingerprint density at radius 1 is 1.28 bits per heavy atom. The Morgan fingerprint density at radius 3 is 2.72 bits per heavy atom. The van der Waals surface area contributed by atoms with E-state index in [2.05, 4.69) is 4.98 Å². The van der Waals surface area contributed by atoms with Crippen LogP contribution in [0.2, 0.25) is 0 Å². The third-order valence-corrected chi connectivity index (χ3v) is 3.68. The van der Waals surface area contributed by atoms with E-state index < -0.39 is 0 Å². The summed E-state index contributed by atoms with van der Waals surface area (Å²) < 4.78 is 18.4. The van der Waals surface area contributed by atoms with Gasteiger partial charge in [0.25, 0.3) is 5.91 Å². The van der Waals surface area contributed by atoms with Crippen LogP contribution in [-0.4, -0.2) is 34.9 Å². The molecule has 2 aromatic rings.